The number of Topliss-reactive ketones (excluding diaryl/α,β-unsaturated/α-hetero) is 1. The predicted octanol–water partition coefficient (Wildman–Crippen LogP) is 4.31. The molecule has 0 saturated heterocycles. The second-order valence-electron chi connectivity index (χ2n) is 6.95. The largest absolute Gasteiger partial charge is 0.478 e. The SMILES string of the molecule is Cc1cc2c(c3c1C(=O)/C(=C/c1ccccc1F)O3)CN(C(C)C)CO2. The molecule has 0 aromatic heterocycles. The minimum atomic E-state index is -0.388. The van der Waals surface area contributed by atoms with Crippen molar-refractivity contribution in [1.82, 2.24) is 4.90 Å². The number of rotatable bonds is 2. The molecule has 0 amide bonds. The van der Waals surface area contributed by atoms with Gasteiger partial charge in [-0.15, -0.1) is 0 Å². The number of benzene rings is 2. The van der Waals surface area contributed by atoms with Crippen molar-refractivity contribution in [1.29, 1.82) is 0 Å². The van der Waals surface area contributed by atoms with Crippen molar-refractivity contribution in [2.45, 2.75) is 33.4 Å². The van der Waals surface area contributed by atoms with Gasteiger partial charge in [-0.25, -0.2) is 4.39 Å². The van der Waals surface area contributed by atoms with Crippen molar-refractivity contribution < 1.29 is 18.7 Å². The van der Waals surface area contributed by atoms with Crippen LogP contribution in [0.15, 0.2) is 36.1 Å². The summed E-state index contributed by atoms with van der Waals surface area (Å²) in [6, 6.07) is 8.52. The Balaban J connectivity index is 1.78. The Morgan fingerprint density at radius 2 is 2.04 bits per heavy atom. The highest BCUT2D eigenvalue weighted by Gasteiger charge is 2.35. The van der Waals surface area contributed by atoms with Crippen LogP contribution in [0.4, 0.5) is 4.39 Å². The van der Waals surface area contributed by atoms with E-state index in [9.17, 15) is 9.18 Å². The second kappa shape index (κ2) is 6.25. The average Bonchev–Trinajstić information content (AvgIpc) is 2.94. The molecule has 4 nitrogen and oxygen atoms in total. The molecule has 0 N–H and O–H groups in total. The zero-order valence-electron chi connectivity index (χ0n) is 15.0. The van der Waals surface area contributed by atoms with Crippen molar-refractivity contribution in [2.75, 3.05) is 6.73 Å². The van der Waals surface area contributed by atoms with Crippen LogP contribution in [-0.4, -0.2) is 23.5 Å². The lowest BCUT2D eigenvalue weighted by Crippen LogP contribution is -2.37. The number of nitrogens with zero attached hydrogens (tertiary/aromatic N) is 1. The van der Waals surface area contributed by atoms with E-state index in [1.54, 1.807) is 18.2 Å². The summed E-state index contributed by atoms with van der Waals surface area (Å²) in [5.41, 5.74) is 2.55. The number of carbonyl (C=O) groups excluding carboxylic acids is 1. The summed E-state index contributed by atoms with van der Waals surface area (Å²) in [4.78, 5) is 15.0. The lowest BCUT2D eigenvalue weighted by atomic mass is 9.98. The van der Waals surface area contributed by atoms with Gasteiger partial charge < -0.3 is 9.47 Å². The Bertz CT molecular complexity index is 933. The van der Waals surface area contributed by atoms with Gasteiger partial charge in [-0.1, -0.05) is 18.2 Å². The second-order valence-corrected chi connectivity index (χ2v) is 6.95. The highest BCUT2D eigenvalue weighted by molar-refractivity contribution is 6.15. The Morgan fingerprint density at radius 1 is 1.27 bits per heavy atom. The third kappa shape index (κ3) is 2.69. The maximum Gasteiger partial charge on any atom is 0.232 e. The molecule has 0 bridgehead atoms. The van der Waals surface area contributed by atoms with Gasteiger partial charge in [0.05, 0.1) is 11.1 Å². The first-order valence-electron chi connectivity index (χ1n) is 8.68. The van der Waals surface area contributed by atoms with E-state index in [0.717, 1.165) is 16.9 Å². The van der Waals surface area contributed by atoms with Crippen LogP contribution in [0.25, 0.3) is 6.08 Å². The number of hydrogen-bond acceptors (Lipinski definition) is 4. The Kier molecular flexibility index (Phi) is 4.04. The summed E-state index contributed by atoms with van der Waals surface area (Å²) in [6.45, 7) is 7.21. The van der Waals surface area contributed by atoms with E-state index in [2.05, 4.69) is 18.7 Å². The number of hydrogen-bond donors (Lipinski definition) is 0. The minimum absolute atomic E-state index is 0.142. The van der Waals surface area contributed by atoms with Gasteiger partial charge >= 0.3 is 0 Å². The van der Waals surface area contributed by atoms with Gasteiger partial charge in [0.1, 0.15) is 24.0 Å². The van der Waals surface area contributed by atoms with Gasteiger partial charge in [-0.05, 0) is 44.5 Å². The van der Waals surface area contributed by atoms with Crippen molar-refractivity contribution in [3.8, 4) is 11.5 Å². The standard InChI is InChI=1S/C21H20FNO3/c1-12(2)23-10-15-17(25-11-23)8-13(3)19-20(24)18(26-21(15)19)9-14-6-4-5-7-16(14)22/h4-9,12H,10-11H2,1-3H3/b18-9-. The van der Waals surface area contributed by atoms with Crippen molar-refractivity contribution >= 4 is 11.9 Å². The third-order valence-electron chi connectivity index (χ3n) is 4.87. The molecule has 0 atom stereocenters. The minimum Gasteiger partial charge on any atom is -0.478 e. The van der Waals surface area contributed by atoms with Gasteiger partial charge in [0.15, 0.2) is 5.76 Å². The highest BCUT2D eigenvalue weighted by Crippen LogP contribution is 2.44. The van der Waals surface area contributed by atoms with Gasteiger partial charge in [0.2, 0.25) is 5.78 Å². The molecule has 2 aromatic carbocycles. The van der Waals surface area contributed by atoms with Crippen LogP contribution in [0.3, 0.4) is 0 Å². The van der Waals surface area contributed by atoms with E-state index >= 15 is 0 Å². The van der Waals surface area contributed by atoms with E-state index in [-0.39, 0.29) is 17.4 Å². The van der Waals surface area contributed by atoms with E-state index in [0.29, 0.717) is 36.2 Å². The molecular weight excluding hydrogens is 333 g/mol. The van der Waals surface area contributed by atoms with Crippen LogP contribution in [-0.2, 0) is 6.54 Å². The summed E-state index contributed by atoms with van der Waals surface area (Å²) in [5.74, 6) is 0.824. The predicted molar refractivity (Wildman–Crippen MR) is 96.7 cm³/mol. The van der Waals surface area contributed by atoms with Crippen molar-refractivity contribution in [2.24, 2.45) is 0 Å². The molecule has 134 valence electrons. The van der Waals surface area contributed by atoms with E-state index in [4.69, 9.17) is 9.47 Å². The molecule has 0 fully saturated rings. The lowest BCUT2D eigenvalue weighted by molar-refractivity contribution is 0.0673. The molecule has 0 radical (unpaired) electrons. The average molecular weight is 353 g/mol. The first-order valence-corrected chi connectivity index (χ1v) is 8.68. The molecule has 0 aliphatic carbocycles. The number of halogens is 1. The summed E-state index contributed by atoms with van der Waals surface area (Å²) in [7, 11) is 0. The van der Waals surface area contributed by atoms with E-state index in [1.165, 1.54) is 12.1 Å². The monoisotopic (exact) mass is 353 g/mol. The summed E-state index contributed by atoms with van der Waals surface area (Å²) >= 11 is 0. The fourth-order valence-corrected chi connectivity index (χ4v) is 3.31. The number of aryl methyl sites for hydroxylation is 1. The summed E-state index contributed by atoms with van der Waals surface area (Å²) in [6.07, 6.45) is 1.47. The Morgan fingerprint density at radius 3 is 2.77 bits per heavy atom. The van der Waals surface area contributed by atoms with E-state index in [1.807, 2.05) is 13.0 Å². The summed E-state index contributed by atoms with van der Waals surface area (Å²) in [5, 5.41) is 0. The normalized spacial score (nSPS) is 17.9. The molecule has 26 heavy (non-hydrogen) atoms. The first-order chi connectivity index (χ1) is 12.5. The van der Waals surface area contributed by atoms with Gasteiger partial charge in [0.25, 0.3) is 0 Å². The van der Waals surface area contributed by atoms with Gasteiger partial charge in [-0.2, -0.15) is 0 Å². The molecule has 0 spiro atoms. The Labute approximate surface area is 151 Å². The molecule has 2 aromatic rings. The molecule has 0 unspecified atom stereocenters. The lowest BCUT2D eigenvalue weighted by Gasteiger charge is -2.32. The van der Waals surface area contributed by atoms with Crippen LogP contribution in [0, 0.1) is 12.7 Å². The van der Waals surface area contributed by atoms with Crippen molar-refractivity contribution in [3.63, 3.8) is 0 Å². The van der Waals surface area contributed by atoms with E-state index < -0.39 is 0 Å². The van der Waals surface area contributed by atoms with Gasteiger partial charge in [0, 0.05) is 18.2 Å². The van der Waals surface area contributed by atoms with Crippen LogP contribution >= 0.6 is 0 Å². The highest BCUT2D eigenvalue weighted by atomic mass is 19.1. The van der Waals surface area contributed by atoms with Gasteiger partial charge in [-0.3, -0.25) is 9.69 Å². The molecule has 2 aliphatic rings. The molecule has 2 aliphatic heterocycles. The molecule has 0 saturated carbocycles. The van der Waals surface area contributed by atoms with Crippen LogP contribution in [0.5, 0.6) is 11.5 Å². The van der Waals surface area contributed by atoms with Crippen LogP contribution in [0.2, 0.25) is 0 Å². The molecular formula is C21H20FNO3. The number of ketones is 1. The quantitative estimate of drug-likeness (QED) is 0.754. The number of fused-ring (bicyclic) bond motifs is 3. The number of carbonyl (C=O) groups is 1. The number of allylic oxidation sites excluding steroid dienone is 1. The van der Waals surface area contributed by atoms with Crippen molar-refractivity contribution in [3.05, 3.63) is 64.2 Å². The van der Waals surface area contributed by atoms with Crippen LogP contribution < -0.4 is 9.47 Å². The third-order valence-corrected chi connectivity index (χ3v) is 4.87. The number of ether oxygens (including phenoxy) is 2. The maximum absolute atomic E-state index is 14.0. The summed E-state index contributed by atoms with van der Waals surface area (Å²) < 4.78 is 25.7. The zero-order valence-corrected chi connectivity index (χ0v) is 15.0. The molecule has 5 heteroatoms. The first kappa shape index (κ1) is 16.8. The Hall–Kier alpha value is -2.66. The fraction of sp³-hybridized carbons (Fsp3) is 0.286. The smallest absolute Gasteiger partial charge is 0.232 e. The topological polar surface area (TPSA) is 38.8 Å². The fourth-order valence-electron chi connectivity index (χ4n) is 3.31. The maximum atomic E-state index is 14.0. The zero-order chi connectivity index (χ0) is 18.4. The molecule has 2 heterocycles. The van der Waals surface area contributed by atoms with Crippen LogP contribution in [0.1, 0.15) is 40.9 Å². The molecule has 4 rings (SSSR count).